The van der Waals surface area contributed by atoms with Crippen molar-refractivity contribution in [1.82, 2.24) is 4.90 Å². The highest BCUT2D eigenvalue weighted by molar-refractivity contribution is 5.93. The maximum atomic E-state index is 11.8. The zero-order valence-corrected chi connectivity index (χ0v) is 9.42. The molecule has 0 rings (SSSR count). The third-order valence-electron chi connectivity index (χ3n) is 2.09. The van der Waals surface area contributed by atoms with E-state index in [2.05, 4.69) is 6.92 Å². The lowest BCUT2D eigenvalue weighted by Gasteiger charge is -2.19. The molecule has 0 saturated heterocycles. The minimum absolute atomic E-state index is 0.166. The van der Waals surface area contributed by atoms with Crippen molar-refractivity contribution in [3.05, 3.63) is 11.6 Å². The standard InChI is InChI=1S/C11H21NO/c1-6-8-12(5)11(13)10(7-2)9(3)4/h7,9H,6,8H2,1-5H3/b10-7+. The van der Waals surface area contributed by atoms with Gasteiger partial charge in [-0.25, -0.2) is 0 Å². The molecule has 0 aromatic rings. The van der Waals surface area contributed by atoms with Crippen molar-refractivity contribution in [2.45, 2.75) is 34.1 Å². The molecule has 0 radical (unpaired) electrons. The first kappa shape index (κ1) is 12.2. The molecule has 0 N–H and O–H groups in total. The Kier molecular flexibility index (Phi) is 5.44. The second-order valence-corrected chi connectivity index (χ2v) is 3.63. The quantitative estimate of drug-likeness (QED) is 0.613. The largest absolute Gasteiger partial charge is 0.342 e. The second kappa shape index (κ2) is 5.79. The maximum absolute atomic E-state index is 11.8. The van der Waals surface area contributed by atoms with Crippen LogP contribution < -0.4 is 0 Å². The predicted octanol–water partition coefficient (Wildman–Crippen LogP) is 2.46. The van der Waals surface area contributed by atoms with Crippen LogP contribution in [0.25, 0.3) is 0 Å². The fraction of sp³-hybridized carbons (Fsp3) is 0.727. The molecule has 0 heterocycles. The van der Waals surface area contributed by atoms with Crippen LogP contribution in [0.2, 0.25) is 0 Å². The van der Waals surface area contributed by atoms with Crippen molar-refractivity contribution in [3.8, 4) is 0 Å². The van der Waals surface area contributed by atoms with Gasteiger partial charge in [0.15, 0.2) is 0 Å². The fourth-order valence-electron chi connectivity index (χ4n) is 1.36. The van der Waals surface area contributed by atoms with Crippen LogP contribution in [0.4, 0.5) is 0 Å². The van der Waals surface area contributed by atoms with E-state index in [1.165, 1.54) is 0 Å². The second-order valence-electron chi connectivity index (χ2n) is 3.63. The Balaban J connectivity index is 4.39. The van der Waals surface area contributed by atoms with Crippen LogP contribution in [-0.2, 0) is 4.79 Å². The number of hydrogen-bond donors (Lipinski definition) is 0. The molecule has 0 aromatic heterocycles. The van der Waals surface area contributed by atoms with Crippen molar-refractivity contribution >= 4 is 5.91 Å². The zero-order chi connectivity index (χ0) is 10.4. The summed E-state index contributed by atoms with van der Waals surface area (Å²) in [6, 6.07) is 0. The van der Waals surface area contributed by atoms with Gasteiger partial charge in [-0.3, -0.25) is 4.79 Å². The highest BCUT2D eigenvalue weighted by atomic mass is 16.2. The van der Waals surface area contributed by atoms with Gasteiger partial charge in [0.1, 0.15) is 0 Å². The highest BCUT2D eigenvalue weighted by Gasteiger charge is 2.15. The number of nitrogens with zero attached hydrogens (tertiary/aromatic N) is 1. The summed E-state index contributed by atoms with van der Waals surface area (Å²) in [6.07, 6.45) is 2.93. The van der Waals surface area contributed by atoms with E-state index in [1.54, 1.807) is 4.90 Å². The van der Waals surface area contributed by atoms with Gasteiger partial charge >= 0.3 is 0 Å². The first-order valence-electron chi connectivity index (χ1n) is 4.96. The van der Waals surface area contributed by atoms with Crippen molar-refractivity contribution in [3.63, 3.8) is 0 Å². The summed E-state index contributed by atoms with van der Waals surface area (Å²) in [4.78, 5) is 13.6. The van der Waals surface area contributed by atoms with E-state index < -0.39 is 0 Å². The molecule has 0 aliphatic heterocycles. The zero-order valence-electron chi connectivity index (χ0n) is 9.42. The molecule has 13 heavy (non-hydrogen) atoms. The van der Waals surface area contributed by atoms with E-state index in [0.717, 1.165) is 18.5 Å². The lowest BCUT2D eigenvalue weighted by molar-refractivity contribution is -0.126. The lowest BCUT2D eigenvalue weighted by Crippen LogP contribution is -2.30. The number of carbonyl (C=O) groups is 1. The Bertz CT molecular complexity index is 194. The average molecular weight is 183 g/mol. The molecule has 0 fully saturated rings. The predicted molar refractivity (Wildman–Crippen MR) is 56.5 cm³/mol. The fourth-order valence-corrected chi connectivity index (χ4v) is 1.36. The first-order valence-corrected chi connectivity index (χ1v) is 4.96. The van der Waals surface area contributed by atoms with E-state index in [9.17, 15) is 4.79 Å². The highest BCUT2D eigenvalue weighted by Crippen LogP contribution is 2.12. The molecule has 0 bridgehead atoms. The lowest BCUT2D eigenvalue weighted by atomic mass is 10.0. The van der Waals surface area contributed by atoms with Crippen molar-refractivity contribution in [1.29, 1.82) is 0 Å². The van der Waals surface area contributed by atoms with E-state index in [0.29, 0.717) is 5.92 Å². The van der Waals surface area contributed by atoms with Crippen LogP contribution in [0.15, 0.2) is 11.6 Å². The third kappa shape index (κ3) is 3.62. The van der Waals surface area contributed by atoms with Crippen LogP contribution in [-0.4, -0.2) is 24.4 Å². The summed E-state index contributed by atoms with van der Waals surface area (Å²) >= 11 is 0. The summed E-state index contributed by atoms with van der Waals surface area (Å²) < 4.78 is 0. The molecule has 0 aromatic carbocycles. The van der Waals surface area contributed by atoms with Crippen LogP contribution in [0.1, 0.15) is 34.1 Å². The topological polar surface area (TPSA) is 20.3 Å². The molecule has 0 saturated carbocycles. The Labute approximate surface area is 81.6 Å². The summed E-state index contributed by atoms with van der Waals surface area (Å²) in [6.45, 7) is 8.93. The number of likely N-dealkylation sites (N-methyl/N-ethyl adjacent to an activating group) is 1. The van der Waals surface area contributed by atoms with Crippen LogP contribution >= 0.6 is 0 Å². The van der Waals surface area contributed by atoms with Gasteiger partial charge in [-0.05, 0) is 19.3 Å². The number of allylic oxidation sites excluding steroid dienone is 1. The van der Waals surface area contributed by atoms with Crippen LogP contribution in [0.3, 0.4) is 0 Å². The Morgan fingerprint density at radius 2 is 2.00 bits per heavy atom. The molecule has 0 atom stereocenters. The van der Waals surface area contributed by atoms with Gasteiger partial charge in [-0.15, -0.1) is 0 Å². The number of amides is 1. The van der Waals surface area contributed by atoms with Gasteiger partial charge in [0, 0.05) is 19.2 Å². The van der Waals surface area contributed by atoms with Crippen LogP contribution in [0.5, 0.6) is 0 Å². The normalized spacial score (nSPS) is 12.0. The van der Waals surface area contributed by atoms with Crippen molar-refractivity contribution in [2.75, 3.05) is 13.6 Å². The van der Waals surface area contributed by atoms with E-state index in [1.807, 2.05) is 33.9 Å². The average Bonchev–Trinajstić information content (AvgIpc) is 2.05. The molecule has 0 spiro atoms. The van der Waals surface area contributed by atoms with E-state index in [-0.39, 0.29) is 5.91 Å². The summed E-state index contributed by atoms with van der Waals surface area (Å²) in [5.41, 5.74) is 0.913. The Hall–Kier alpha value is -0.790. The van der Waals surface area contributed by atoms with Crippen molar-refractivity contribution in [2.24, 2.45) is 5.92 Å². The molecule has 0 aliphatic rings. The van der Waals surface area contributed by atoms with Gasteiger partial charge in [-0.1, -0.05) is 26.8 Å². The van der Waals surface area contributed by atoms with Crippen molar-refractivity contribution < 1.29 is 4.79 Å². The SMILES string of the molecule is C/C=C(/C(=O)N(C)CCC)C(C)C. The molecule has 76 valence electrons. The molecular weight excluding hydrogens is 162 g/mol. The van der Waals surface area contributed by atoms with E-state index >= 15 is 0 Å². The molecule has 0 aliphatic carbocycles. The molecule has 2 nitrogen and oxygen atoms in total. The van der Waals surface area contributed by atoms with E-state index in [4.69, 9.17) is 0 Å². The molecular formula is C11H21NO. The Morgan fingerprint density at radius 3 is 2.31 bits per heavy atom. The van der Waals surface area contributed by atoms with Crippen LogP contribution in [0, 0.1) is 5.92 Å². The smallest absolute Gasteiger partial charge is 0.249 e. The maximum Gasteiger partial charge on any atom is 0.249 e. The summed E-state index contributed by atoms with van der Waals surface area (Å²) in [5.74, 6) is 0.483. The number of hydrogen-bond acceptors (Lipinski definition) is 1. The minimum atomic E-state index is 0.166. The van der Waals surface area contributed by atoms with Gasteiger partial charge < -0.3 is 4.90 Å². The minimum Gasteiger partial charge on any atom is -0.342 e. The number of rotatable bonds is 4. The van der Waals surface area contributed by atoms with Gasteiger partial charge in [0.2, 0.25) is 5.91 Å². The van der Waals surface area contributed by atoms with Gasteiger partial charge in [0.25, 0.3) is 0 Å². The van der Waals surface area contributed by atoms with Gasteiger partial charge in [-0.2, -0.15) is 0 Å². The van der Waals surface area contributed by atoms with Gasteiger partial charge in [0.05, 0.1) is 0 Å². The third-order valence-corrected chi connectivity index (χ3v) is 2.09. The monoisotopic (exact) mass is 183 g/mol. The molecule has 1 amide bonds. The summed E-state index contributed by atoms with van der Waals surface area (Å²) in [7, 11) is 1.86. The molecule has 2 heteroatoms. The Morgan fingerprint density at radius 1 is 1.46 bits per heavy atom. The summed E-state index contributed by atoms with van der Waals surface area (Å²) in [5, 5.41) is 0. The first-order chi connectivity index (χ1) is 6.04. The molecule has 0 unspecified atom stereocenters. The number of carbonyl (C=O) groups excluding carboxylic acids is 1.